The number of aliphatic imine (C=N–C) groups is 1. The molecule has 0 radical (unpaired) electrons. The molecule has 0 spiro atoms. The van der Waals surface area contributed by atoms with Crippen LogP contribution in [0.2, 0.25) is 0 Å². The van der Waals surface area contributed by atoms with Crippen LogP contribution in [-0.4, -0.2) is 27.1 Å². The lowest BCUT2D eigenvalue weighted by atomic mass is 10.1. The van der Waals surface area contributed by atoms with E-state index in [9.17, 15) is 4.79 Å². The Kier molecular flexibility index (Phi) is 5.88. The van der Waals surface area contributed by atoms with Crippen LogP contribution in [0.3, 0.4) is 0 Å². The van der Waals surface area contributed by atoms with Gasteiger partial charge in [-0.25, -0.2) is 4.99 Å². The third-order valence-corrected chi connectivity index (χ3v) is 6.83. The molecule has 164 valence electrons. The lowest BCUT2D eigenvalue weighted by Crippen LogP contribution is -2.31. The first-order chi connectivity index (χ1) is 16.1. The maximum Gasteiger partial charge on any atom is 0.266 e. The van der Waals surface area contributed by atoms with Gasteiger partial charge in [-0.2, -0.15) is 0 Å². The summed E-state index contributed by atoms with van der Waals surface area (Å²) in [6.45, 7) is 2.65. The summed E-state index contributed by atoms with van der Waals surface area (Å²) in [5.41, 5.74) is 5.44. The van der Waals surface area contributed by atoms with E-state index >= 15 is 0 Å². The Hall–Kier alpha value is -3.57. The fourth-order valence-electron chi connectivity index (χ4n) is 4.03. The Morgan fingerprint density at radius 3 is 2.45 bits per heavy atom. The first-order valence-corrected chi connectivity index (χ1v) is 11.8. The van der Waals surface area contributed by atoms with Crippen LogP contribution in [0.1, 0.15) is 16.7 Å². The van der Waals surface area contributed by atoms with Gasteiger partial charge in [0.25, 0.3) is 5.91 Å². The number of amides is 1. The van der Waals surface area contributed by atoms with Crippen LogP contribution in [0, 0.1) is 6.92 Å². The highest BCUT2D eigenvalue weighted by Crippen LogP contribution is 2.35. The lowest BCUT2D eigenvalue weighted by Gasteiger charge is -2.15. The van der Waals surface area contributed by atoms with E-state index in [-0.39, 0.29) is 5.91 Å². The minimum atomic E-state index is 0.00901. The molecule has 4 aromatic rings. The highest BCUT2D eigenvalue weighted by atomic mass is 32.2. The number of hydrogen-bond donors (Lipinski definition) is 0. The summed E-state index contributed by atoms with van der Waals surface area (Å²) >= 11 is 1.45. The van der Waals surface area contributed by atoms with E-state index < -0.39 is 0 Å². The molecule has 0 unspecified atom stereocenters. The number of para-hydroxylation sites is 1. The highest BCUT2D eigenvalue weighted by Gasteiger charge is 2.33. The molecule has 1 aliphatic heterocycles. The molecule has 5 rings (SSSR count). The molecule has 0 N–H and O–H groups in total. The normalized spacial score (nSPS) is 16.4. The van der Waals surface area contributed by atoms with Gasteiger partial charge in [0.15, 0.2) is 5.17 Å². The minimum Gasteiger partial charge on any atom is -0.350 e. The first-order valence-electron chi connectivity index (χ1n) is 11.0. The zero-order valence-electron chi connectivity index (χ0n) is 18.7. The second kappa shape index (κ2) is 9.12. The van der Waals surface area contributed by atoms with E-state index in [2.05, 4.69) is 42.0 Å². The maximum absolute atomic E-state index is 13.5. The Morgan fingerprint density at radius 1 is 0.939 bits per heavy atom. The summed E-state index contributed by atoms with van der Waals surface area (Å²) in [5.74, 6) is 0.00901. The Balaban J connectivity index is 1.50. The van der Waals surface area contributed by atoms with Gasteiger partial charge in [-0.3, -0.25) is 9.69 Å². The van der Waals surface area contributed by atoms with Crippen molar-refractivity contribution in [3.05, 3.63) is 107 Å². The smallest absolute Gasteiger partial charge is 0.266 e. The third kappa shape index (κ3) is 4.50. The number of nitrogens with zero attached hydrogens (tertiary/aromatic N) is 3. The van der Waals surface area contributed by atoms with E-state index in [4.69, 9.17) is 4.99 Å². The fraction of sp³-hybridized carbons (Fsp3) is 0.143. The summed E-state index contributed by atoms with van der Waals surface area (Å²) in [7, 11) is 2.03. The number of thioether (sulfide) groups is 1. The van der Waals surface area contributed by atoms with E-state index in [0.29, 0.717) is 11.4 Å². The Labute approximate surface area is 198 Å². The van der Waals surface area contributed by atoms with Crippen molar-refractivity contribution in [2.45, 2.75) is 13.3 Å². The third-order valence-electron chi connectivity index (χ3n) is 5.83. The lowest BCUT2D eigenvalue weighted by molar-refractivity contribution is -0.122. The molecule has 33 heavy (non-hydrogen) atoms. The van der Waals surface area contributed by atoms with Gasteiger partial charge >= 0.3 is 0 Å². The van der Waals surface area contributed by atoms with Gasteiger partial charge in [0.1, 0.15) is 0 Å². The van der Waals surface area contributed by atoms with Crippen molar-refractivity contribution >= 4 is 45.5 Å². The number of carbonyl (C=O) groups excluding carboxylic acids is 1. The summed E-state index contributed by atoms with van der Waals surface area (Å²) in [6, 6.07) is 26.6. The van der Waals surface area contributed by atoms with Crippen molar-refractivity contribution < 1.29 is 4.79 Å². The molecule has 0 atom stereocenters. The number of aryl methyl sites for hydroxylation is 2. The summed E-state index contributed by atoms with van der Waals surface area (Å²) in [4.78, 5) is 20.8. The van der Waals surface area contributed by atoms with Crippen molar-refractivity contribution in [3.8, 4) is 0 Å². The topological polar surface area (TPSA) is 37.6 Å². The molecule has 4 nitrogen and oxygen atoms in total. The van der Waals surface area contributed by atoms with Crippen molar-refractivity contribution in [1.29, 1.82) is 0 Å². The van der Waals surface area contributed by atoms with Crippen LogP contribution < -0.4 is 0 Å². The second-order valence-electron chi connectivity index (χ2n) is 8.25. The van der Waals surface area contributed by atoms with Crippen LogP contribution in [0.25, 0.3) is 17.0 Å². The van der Waals surface area contributed by atoms with Gasteiger partial charge < -0.3 is 4.57 Å². The molecule has 1 aromatic heterocycles. The van der Waals surface area contributed by atoms with Crippen LogP contribution in [0.15, 0.2) is 95.0 Å². The summed E-state index contributed by atoms with van der Waals surface area (Å²) in [6.07, 6.45) is 4.86. The number of rotatable bonds is 5. The van der Waals surface area contributed by atoms with Gasteiger partial charge in [-0.15, -0.1) is 0 Å². The largest absolute Gasteiger partial charge is 0.350 e. The molecule has 2 heterocycles. The van der Waals surface area contributed by atoms with Gasteiger partial charge in [0.05, 0.1) is 10.6 Å². The molecule has 0 saturated carbocycles. The quantitative estimate of drug-likeness (QED) is 0.332. The number of carbonyl (C=O) groups is 1. The van der Waals surface area contributed by atoms with Gasteiger partial charge in [-0.1, -0.05) is 66.2 Å². The maximum atomic E-state index is 13.5. The molecule has 0 bridgehead atoms. The number of aromatic nitrogens is 1. The zero-order chi connectivity index (χ0) is 22.8. The number of benzene rings is 3. The highest BCUT2D eigenvalue weighted by molar-refractivity contribution is 8.18. The number of fused-ring (bicyclic) bond motifs is 1. The van der Waals surface area contributed by atoms with E-state index in [0.717, 1.165) is 33.7 Å². The van der Waals surface area contributed by atoms with Gasteiger partial charge in [-0.05, 0) is 54.9 Å². The number of hydrogen-bond acceptors (Lipinski definition) is 3. The van der Waals surface area contributed by atoms with Crippen molar-refractivity contribution in [2.75, 3.05) is 6.54 Å². The average molecular weight is 452 g/mol. The first kappa shape index (κ1) is 21.3. The van der Waals surface area contributed by atoms with E-state index in [1.165, 1.54) is 22.9 Å². The van der Waals surface area contributed by atoms with Crippen molar-refractivity contribution in [2.24, 2.45) is 12.0 Å². The van der Waals surface area contributed by atoms with E-state index in [1.807, 2.05) is 72.6 Å². The predicted octanol–water partition coefficient (Wildman–Crippen LogP) is 6.33. The van der Waals surface area contributed by atoms with Gasteiger partial charge in [0, 0.05) is 36.3 Å². The molecule has 5 heteroatoms. The molecule has 1 saturated heterocycles. The fourth-order valence-corrected chi connectivity index (χ4v) is 5.05. The summed E-state index contributed by atoms with van der Waals surface area (Å²) in [5, 5.41) is 1.87. The van der Waals surface area contributed by atoms with Crippen LogP contribution in [0.5, 0.6) is 0 Å². The molecule has 1 aliphatic rings. The predicted molar refractivity (Wildman–Crippen MR) is 139 cm³/mol. The minimum absolute atomic E-state index is 0.00901. The SMILES string of the molecule is Cc1ccc(N=C2S/C(=C/c3cn(C)c4ccccc34)C(=O)N2CCc2ccccc2)cc1. The van der Waals surface area contributed by atoms with Crippen molar-refractivity contribution in [3.63, 3.8) is 0 Å². The van der Waals surface area contributed by atoms with E-state index in [1.54, 1.807) is 0 Å². The van der Waals surface area contributed by atoms with Crippen molar-refractivity contribution in [1.82, 2.24) is 9.47 Å². The zero-order valence-corrected chi connectivity index (χ0v) is 19.5. The van der Waals surface area contributed by atoms with Crippen LogP contribution >= 0.6 is 11.8 Å². The molecule has 1 fully saturated rings. The Morgan fingerprint density at radius 2 is 1.67 bits per heavy atom. The molecule has 1 amide bonds. The molecule has 0 aliphatic carbocycles. The van der Waals surface area contributed by atoms with Crippen LogP contribution in [0.4, 0.5) is 5.69 Å². The van der Waals surface area contributed by atoms with Crippen LogP contribution in [-0.2, 0) is 18.3 Å². The monoisotopic (exact) mass is 451 g/mol. The number of amidine groups is 1. The Bertz CT molecular complexity index is 1370. The molecular formula is C28H25N3OS. The second-order valence-corrected chi connectivity index (χ2v) is 9.25. The average Bonchev–Trinajstić information content (AvgIpc) is 3.31. The summed E-state index contributed by atoms with van der Waals surface area (Å²) < 4.78 is 2.10. The standard InChI is InChI=1S/C28H25N3OS/c1-20-12-14-23(15-13-20)29-28-31(17-16-21-8-4-3-5-9-21)27(32)26(33-28)18-22-19-30(2)25-11-7-6-10-24(22)25/h3-15,18-19H,16-17H2,1-2H3/b26-18+,29-28?. The molecule has 3 aromatic carbocycles. The van der Waals surface area contributed by atoms with Gasteiger partial charge in [0.2, 0.25) is 0 Å². The molecular weight excluding hydrogens is 426 g/mol.